The van der Waals surface area contributed by atoms with E-state index in [0.717, 1.165) is 24.2 Å². The van der Waals surface area contributed by atoms with E-state index in [1.165, 1.54) is 5.56 Å². The van der Waals surface area contributed by atoms with Crippen molar-refractivity contribution in [1.29, 1.82) is 0 Å². The van der Waals surface area contributed by atoms with Crippen LogP contribution in [-0.2, 0) is 28.2 Å². The van der Waals surface area contributed by atoms with Gasteiger partial charge in [-0.2, -0.15) is 0 Å². The number of carbonyl (C=O) groups excluding carboxylic acids is 3. The molecule has 0 aliphatic carbocycles. The Labute approximate surface area is 174 Å². The van der Waals surface area contributed by atoms with Crippen molar-refractivity contribution in [1.82, 2.24) is 20.9 Å². The summed E-state index contributed by atoms with van der Waals surface area (Å²) in [7, 11) is 0. The van der Waals surface area contributed by atoms with E-state index in [4.69, 9.17) is 0 Å². The summed E-state index contributed by atoms with van der Waals surface area (Å²) in [5.41, 5.74) is 3.64. The van der Waals surface area contributed by atoms with Crippen LogP contribution in [0.1, 0.15) is 39.9 Å². The van der Waals surface area contributed by atoms with Crippen LogP contribution >= 0.6 is 0 Å². The largest absolute Gasteiger partial charge is 0.322 e. The number of nitrogens with zero attached hydrogens (tertiary/aromatic N) is 1. The molecule has 30 heavy (non-hydrogen) atoms. The second-order valence-corrected chi connectivity index (χ2v) is 8.26. The maximum absolute atomic E-state index is 13.2. The van der Waals surface area contributed by atoms with Gasteiger partial charge in [0.25, 0.3) is 5.91 Å². The summed E-state index contributed by atoms with van der Waals surface area (Å²) in [6.45, 7) is 2.64. The van der Waals surface area contributed by atoms with Gasteiger partial charge in [0.1, 0.15) is 6.04 Å². The van der Waals surface area contributed by atoms with Crippen molar-refractivity contribution >= 4 is 17.7 Å². The molecule has 0 spiro atoms. The molecule has 0 radical (unpaired) electrons. The van der Waals surface area contributed by atoms with E-state index in [1.807, 2.05) is 36.4 Å². The summed E-state index contributed by atoms with van der Waals surface area (Å²) in [5.74, 6) is -0.779. The van der Waals surface area contributed by atoms with Crippen molar-refractivity contribution in [3.05, 3.63) is 70.8 Å². The van der Waals surface area contributed by atoms with E-state index in [0.29, 0.717) is 25.1 Å². The van der Waals surface area contributed by atoms with E-state index >= 15 is 0 Å². The third kappa shape index (κ3) is 3.11. The predicted molar refractivity (Wildman–Crippen MR) is 110 cm³/mol. The molecule has 3 aliphatic rings. The molecule has 2 aromatic carbocycles. The fourth-order valence-corrected chi connectivity index (χ4v) is 4.67. The smallest absolute Gasteiger partial charge is 0.255 e. The van der Waals surface area contributed by atoms with Crippen LogP contribution in [0.15, 0.2) is 48.5 Å². The molecular formula is C23H24N4O3. The molecule has 7 nitrogen and oxygen atoms in total. The summed E-state index contributed by atoms with van der Waals surface area (Å²) in [5, 5.41) is 9.37. The lowest BCUT2D eigenvalue weighted by atomic mass is 9.84. The highest BCUT2D eigenvalue weighted by Crippen LogP contribution is 2.31. The topological polar surface area (TPSA) is 90.5 Å². The summed E-state index contributed by atoms with van der Waals surface area (Å²) >= 11 is 0. The van der Waals surface area contributed by atoms with E-state index < -0.39 is 6.04 Å². The summed E-state index contributed by atoms with van der Waals surface area (Å²) in [6.07, 6.45) is 0.637. The minimum absolute atomic E-state index is 0.127. The first kappa shape index (κ1) is 19.0. The number of hydrogen-bond acceptors (Lipinski definition) is 5. The second kappa shape index (κ2) is 7.34. The van der Waals surface area contributed by atoms with Gasteiger partial charge < -0.3 is 15.5 Å². The van der Waals surface area contributed by atoms with Gasteiger partial charge in [-0.25, -0.2) is 0 Å². The number of carbonyl (C=O) groups is 3. The molecule has 2 saturated heterocycles. The van der Waals surface area contributed by atoms with E-state index in [-0.39, 0.29) is 29.7 Å². The highest BCUT2D eigenvalue weighted by atomic mass is 16.2. The normalized spacial score (nSPS) is 22.5. The molecule has 7 heteroatoms. The Morgan fingerprint density at radius 3 is 2.53 bits per heavy atom. The number of rotatable bonds is 5. The Bertz CT molecular complexity index is 1020. The third-order valence-corrected chi connectivity index (χ3v) is 6.44. The molecule has 2 aromatic rings. The van der Waals surface area contributed by atoms with Gasteiger partial charge in [-0.3, -0.25) is 19.7 Å². The number of amides is 3. The Morgan fingerprint density at radius 2 is 1.83 bits per heavy atom. The molecule has 3 amide bonds. The molecule has 3 aliphatic heterocycles. The molecular weight excluding hydrogens is 380 g/mol. The molecule has 2 fully saturated rings. The van der Waals surface area contributed by atoms with Crippen molar-refractivity contribution < 1.29 is 14.4 Å². The van der Waals surface area contributed by atoms with Crippen LogP contribution in [0.5, 0.6) is 0 Å². The minimum Gasteiger partial charge on any atom is -0.322 e. The molecule has 0 saturated carbocycles. The van der Waals surface area contributed by atoms with Crippen LogP contribution < -0.4 is 16.0 Å². The highest BCUT2D eigenvalue weighted by Gasteiger charge is 2.41. The Hall–Kier alpha value is -3.03. The van der Waals surface area contributed by atoms with Crippen molar-refractivity contribution in [2.45, 2.75) is 37.5 Å². The number of benzene rings is 2. The van der Waals surface area contributed by atoms with Gasteiger partial charge in [-0.05, 0) is 23.1 Å². The van der Waals surface area contributed by atoms with Gasteiger partial charge in [0.05, 0.1) is 5.54 Å². The number of piperidine rings is 1. The molecule has 5 rings (SSSR count). The standard InChI is InChI=1S/C23H24N4O3/c28-19-10-9-18(21(29)26-19)27-12-16-6-4-5-15(20(16)22(27)30)11-25-23(13-24-14-23)17-7-2-1-3-8-17/h1-8,18,24-25H,9-14H2,(H,26,28,29). The van der Waals surface area contributed by atoms with Crippen molar-refractivity contribution in [3.63, 3.8) is 0 Å². The number of imide groups is 1. The van der Waals surface area contributed by atoms with Crippen LogP contribution in [0.3, 0.4) is 0 Å². The Morgan fingerprint density at radius 1 is 1.03 bits per heavy atom. The maximum Gasteiger partial charge on any atom is 0.255 e. The van der Waals surface area contributed by atoms with Crippen LogP contribution in [0.4, 0.5) is 0 Å². The highest BCUT2D eigenvalue weighted by molar-refractivity contribution is 6.06. The monoisotopic (exact) mass is 404 g/mol. The fraction of sp³-hybridized carbons (Fsp3) is 0.348. The Kier molecular flexibility index (Phi) is 4.64. The van der Waals surface area contributed by atoms with E-state index in [2.05, 4.69) is 28.1 Å². The zero-order valence-corrected chi connectivity index (χ0v) is 16.6. The molecule has 3 heterocycles. The first-order valence-electron chi connectivity index (χ1n) is 10.3. The summed E-state index contributed by atoms with van der Waals surface area (Å²) < 4.78 is 0. The lowest BCUT2D eigenvalue weighted by molar-refractivity contribution is -0.136. The first-order chi connectivity index (χ1) is 14.6. The average molecular weight is 404 g/mol. The maximum atomic E-state index is 13.2. The summed E-state index contributed by atoms with van der Waals surface area (Å²) in [4.78, 5) is 38.6. The van der Waals surface area contributed by atoms with Gasteiger partial charge in [-0.15, -0.1) is 0 Å². The number of nitrogens with one attached hydrogen (secondary N) is 3. The van der Waals surface area contributed by atoms with E-state index in [9.17, 15) is 14.4 Å². The van der Waals surface area contributed by atoms with Crippen molar-refractivity contribution in [2.75, 3.05) is 13.1 Å². The lowest BCUT2D eigenvalue weighted by Crippen LogP contribution is -2.64. The van der Waals surface area contributed by atoms with Gasteiger partial charge in [-0.1, -0.05) is 48.5 Å². The predicted octanol–water partition coefficient (Wildman–Crippen LogP) is 1.04. The van der Waals surface area contributed by atoms with Crippen molar-refractivity contribution in [3.8, 4) is 0 Å². The quantitative estimate of drug-likeness (QED) is 0.648. The third-order valence-electron chi connectivity index (χ3n) is 6.44. The molecule has 0 bridgehead atoms. The zero-order valence-electron chi connectivity index (χ0n) is 16.6. The van der Waals surface area contributed by atoms with Crippen LogP contribution in [0.25, 0.3) is 0 Å². The average Bonchev–Trinajstić information content (AvgIpc) is 3.05. The van der Waals surface area contributed by atoms with Crippen LogP contribution in [-0.4, -0.2) is 41.8 Å². The van der Waals surface area contributed by atoms with Crippen LogP contribution in [0, 0.1) is 0 Å². The number of hydrogen-bond donors (Lipinski definition) is 3. The molecule has 0 aromatic heterocycles. The van der Waals surface area contributed by atoms with Gasteiger partial charge in [0, 0.05) is 38.2 Å². The van der Waals surface area contributed by atoms with Crippen LogP contribution in [0.2, 0.25) is 0 Å². The van der Waals surface area contributed by atoms with Crippen molar-refractivity contribution in [2.24, 2.45) is 0 Å². The molecule has 154 valence electrons. The molecule has 1 atom stereocenters. The summed E-state index contributed by atoms with van der Waals surface area (Å²) in [6, 6.07) is 15.6. The fourth-order valence-electron chi connectivity index (χ4n) is 4.67. The minimum atomic E-state index is -0.588. The Balaban J connectivity index is 1.36. The number of fused-ring (bicyclic) bond motifs is 1. The molecule has 3 N–H and O–H groups in total. The lowest BCUT2D eigenvalue weighted by Gasteiger charge is -2.44. The first-order valence-corrected chi connectivity index (χ1v) is 10.3. The second-order valence-electron chi connectivity index (χ2n) is 8.26. The van der Waals surface area contributed by atoms with Gasteiger partial charge in [0.2, 0.25) is 11.8 Å². The SMILES string of the molecule is O=C1CCC(N2Cc3cccc(CNC4(c5ccccc5)CNC4)c3C2=O)C(=O)N1. The van der Waals surface area contributed by atoms with Gasteiger partial charge >= 0.3 is 0 Å². The zero-order chi connectivity index (χ0) is 20.7. The van der Waals surface area contributed by atoms with E-state index in [1.54, 1.807) is 4.90 Å². The molecule has 1 unspecified atom stereocenters. The van der Waals surface area contributed by atoms with Gasteiger partial charge in [0.15, 0.2) is 0 Å².